The molecule has 21 heavy (non-hydrogen) atoms. The molecule has 0 saturated heterocycles. The standard InChI is InChI=1S/C11H9N.C8H11N/c1-2-6-10(7-3-1)11-8-4-5-9-12-11;1-2-5-8-6-3-4-7-9-8/h1-9H;3-4,6-7H,2,5H2,1H3. The van der Waals surface area contributed by atoms with E-state index in [0.717, 1.165) is 17.7 Å². The molecule has 0 saturated carbocycles. The molecule has 0 bridgehead atoms. The van der Waals surface area contributed by atoms with Crippen molar-refractivity contribution >= 4 is 0 Å². The number of aryl methyl sites for hydroxylation is 1. The Morgan fingerprint density at radius 2 is 1.38 bits per heavy atom. The topological polar surface area (TPSA) is 25.8 Å². The number of benzene rings is 1. The molecule has 0 unspecified atom stereocenters. The zero-order valence-electron chi connectivity index (χ0n) is 12.3. The van der Waals surface area contributed by atoms with Gasteiger partial charge in [0.25, 0.3) is 0 Å². The summed E-state index contributed by atoms with van der Waals surface area (Å²) in [6, 6.07) is 22.1. The maximum absolute atomic E-state index is 4.25. The summed E-state index contributed by atoms with van der Waals surface area (Å²) >= 11 is 0. The van der Waals surface area contributed by atoms with Crippen LogP contribution in [0.15, 0.2) is 79.1 Å². The van der Waals surface area contributed by atoms with Crippen molar-refractivity contribution in [3.63, 3.8) is 0 Å². The number of pyridine rings is 2. The zero-order chi connectivity index (χ0) is 14.8. The van der Waals surface area contributed by atoms with Crippen LogP contribution in [0.4, 0.5) is 0 Å². The highest BCUT2D eigenvalue weighted by Gasteiger charge is 1.93. The number of hydrogen-bond donors (Lipinski definition) is 0. The van der Waals surface area contributed by atoms with E-state index in [4.69, 9.17) is 0 Å². The molecule has 3 rings (SSSR count). The maximum atomic E-state index is 4.25. The molecule has 0 amide bonds. The lowest BCUT2D eigenvalue weighted by molar-refractivity contribution is 0.883. The Balaban J connectivity index is 0.000000161. The first kappa shape index (κ1) is 14.9. The van der Waals surface area contributed by atoms with Crippen molar-refractivity contribution in [3.8, 4) is 11.3 Å². The van der Waals surface area contributed by atoms with Crippen molar-refractivity contribution in [1.82, 2.24) is 9.97 Å². The average Bonchev–Trinajstić information content (AvgIpc) is 2.58. The number of rotatable bonds is 3. The molecule has 2 aromatic heterocycles. The summed E-state index contributed by atoms with van der Waals surface area (Å²) in [6.07, 6.45) is 5.92. The Morgan fingerprint density at radius 3 is 1.95 bits per heavy atom. The van der Waals surface area contributed by atoms with Crippen LogP contribution >= 0.6 is 0 Å². The summed E-state index contributed by atoms with van der Waals surface area (Å²) in [6.45, 7) is 2.16. The molecular formula is C19H20N2. The Labute approximate surface area is 126 Å². The van der Waals surface area contributed by atoms with Crippen LogP contribution in [0.5, 0.6) is 0 Å². The number of aromatic nitrogens is 2. The van der Waals surface area contributed by atoms with Gasteiger partial charge in [-0.3, -0.25) is 9.97 Å². The fraction of sp³-hybridized carbons (Fsp3) is 0.158. The molecule has 0 spiro atoms. The minimum Gasteiger partial charge on any atom is -0.261 e. The van der Waals surface area contributed by atoms with Crippen LogP contribution in [0.2, 0.25) is 0 Å². The first-order chi connectivity index (χ1) is 10.4. The van der Waals surface area contributed by atoms with Gasteiger partial charge in [-0.05, 0) is 30.7 Å². The van der Waals surface area contributed by atoms with E-state index in [1.54, 1.807) is 0 Å². The van der Waals surface area contributed by atoms with Crippen molar-refractivity contribution in [2.45, 2.75) is 19.8 Å². The first-order valence-corrected chi connectivity index (χ1v) is 7.26. The van der Waals surface area contributed by atoms with E-state index in [1.165, 1.54) is 12.1 Å². The van der Waals surface area contributed by atoms with E-state index < -0.39 is 0 Å². The normalized spacial score (nSPS) is 9.57. The fourth-order valence-corrected chi connectivity index (χ4v) is 1.94. The van der Waals surface area contributed by atoms with Gasteiger partial charge in [0.15, 0.2) is 0 Å². The Bertz CT molecular complexity index is 569. The zero-order valence-corrected chi connectivity index (χ0v) is 12.3. The maximum Gasteiger partial charge on any atom is 0.0701 e. The molecule has 0 radical (unpaired) electrons. The third-order valence-corrected chi connectivity index (χ3v) is 2.97. The van der Waals surface area contributed by atoms with Crippen molar-refractivity contribution in [2.75, 3.05) is 0 Å². The molecule has 2 heterocycles. The second-order valence-electron chi connectivity index (χ2n) is 4.65. The highest BCUT2D eigenvalue weighted by atomic mass is 14.7. The van der Waals surface area contributed by atoms with Crippen LogP contribution in [0.1, 0.15) is 19.0 Å². The second-order valence-corrected chi connectivity index (χ2v) is 4.65. The Morgan fingerprint density at radius 1 is 0.714 bits per heavy atom. The van der Waals surface area contributed by atoms with Gasteiger partial charge in [0.05, 0.1) is 5.69 Å². The van der Waals surface area contributed by atoms with Crippen molar-refractivity contribution in [2.24, 2.45) is 0 Å². The Hall–Kier alpha value is -2.48. The molecule has 106 valence electrons. The first-order valence-electron chi connectivity index (χ1n) is 7.26. The van der Waals surface area contributed by atoms with Crippen LogP contribution in [-0.2, 0) is 6.42 Å². The van der Waals surface area contributed by atoms with Gasteiger partial charge in [-0.25, -0.2) is 0 Å². The molecular weight excluding hydrogens is 256 g/mol. The van der Waals surface area contributed by atoms with E-state index in [0.29, 0.717) is 0 Å². The van der Waals surface area contributed by atoms with Gasteiger partial charge >= 0.3 is 0 Å². The van der Waals surface area contributed by atoms with Crippen molar-refractivity contribution < 1.29 is 0 Å². The predicted octanol–water partition coefficient (Wildman–Crippen LogP) is 4.78. The van der Waals surface area contributed by atoms with Crippen molar-refractivity contribution in [1.29, 1.82) is 0 Å². The molecule has 0 N–H and O–H groups in total. The third-order valence-electron chi connectivity index (χ3n) is 2.97. The molecule has 2 heteroatoms. The monoisotopic (exact) mass is 276 g/mol. The molecule has 1 aromatic carbocycles. The average molecular weight is 276 g/mol. The summed E-state index contributed by atoms with van der Waals surface area (Å²) in [7, 11) is 0. The second kappa shape index (κ2) is 8.64. The van der Waals surface area contributed by atoms with E-state index in [-0.39, 0.29) is 0 Å². The van der Waals surface area contributed by atoms with Gasteiger partial charge in [0, 0.05) is 23.7 Å². The number of hydrogen-bond acceptors (Lipinski definition) is 2. The van der Waals surface area contributed by atoms with E-state index in [1.807, 2.05) is 60.9 Å². The molecule has 0 aliphatic heterocycles. The SMILES string of the molecule is CCCc1ccccn1.c1ccc(-c2ccccn2)cc1. The van der Waals surface area contributed by atoms with Gasteiger partial charge in [0.1, 0.15) is 0 Å². The minimum atomic E-state index is 1.03. The lowest BCUT2D eigenvalue weighted by atomic mass is 10.1. The lowest BCUT2D eigenvalue weighted by Gasteiger charge is -1.97. The van der Waals surface area contributed by atoms with Gasteiger partial charge in [0.2, 0.25) is 0 Å². The van der Waals surface area contributed by atoms with Gasteiger partial charge < -0.3 is 0 Å². The summed E-state index contributed by atoms with van der Waals surface area (Å²) < 4.78 is 0. The quantitative estimate of drug-likeness (QED) is 0.688. The van der Waals surface area contributed by atoms with Gasteiger partial charge in [-0.15, -0.1) is 0 Å². The molecule has 0 aliphatic rings. The number of nitrogens with zero attached hydrogens (tertiary/aromatic N) is 2. The van der Waals surface area contributed by atoms with Crippen LogP contribution in [0.25, 0.3) is 11.3 Å². The predicted molar refractivity (Wildman–Crippen MR) is 87.9 cm³/mol. The summed E-state index contributed by atoms with van der Waals surface area (Å²) in [4.78, 5) is 8.42. The van der Waals surface area contributed by atoms with E-state index >= 15 is 0 Å². The fourth-order valence-electron chi connectivity index (χ4n) is 1.94. The van der Waals surface area contributed by atoms with Crippen molar-refractivity contribution in [3.05, 3.63) is 84.8 Å². The lowest BCUT2D eigenvalue weighted by Crippen LogP contribution is -1.84. The van der Waals surface area contributed by atoms with Crippen LogP contribution in [0.3, 0.4) is 0 Å². The Kier molecular flexibility index (Phi) is 6.14. The highest BCUT2D eigenvalue weighted by Crippen LogP contribution is 2.14. The molecule has 0 atom stereocenters. The van der Waals surface area contributed by atoms with Crippen LogP contribution in [-0.4, -0.2) is 9.97 Å². The molecule has 0 fully saturated rings. The highest BCUT2D eigenvalue weighted by molar-refractivity contribution is 5.58. The largest absolute Gasteiger partial charge is 0.261 e. The van der Waals surface area contributed by atoms with Gasteiger partial charge in [-0.2, -0.15) is 0 Å². The smallest absolute Gasteiger partial charge is 0.0701 e. The van der Waals surface area contributed by atoms with E-state index in [2.05, 4.69) is 35.1 Å². The van der Waals surface area contributed by atoms with Crippen LogP contribution < -0.4 is 0 Å². The van der Waals surface area contributed by atoms with Crippen LogP contribution in [0, 0.1) is 0 Å². The summed E-state index contributed by atoms with van der Waals surface area (Å²) in [5.74, 6) is 0. The third kappa shape index (κ3) is 5.19. The van der Waals surface area contributed by atoms with E-state index in [9.17, 15) is 0 Å². The summed E-state index contributed by atoms with van der Waals surface area (Å²) in [5, 5.41) is 0. The molecule has 3 aromatic rings. The molecule has 0 aliphatic carbocycles. The molecule has 2 nitrogen and oxygen atoms in total. The minimum absolute atomic E-state index is 1.03. The van der Waals surface area contributed by atoms with Gasteiger partial charge in [-0.1, -0.05) is 55.8 Å². The summed E-state index contributed by atoms with van der Waals surface area (Å²) in [5.41, 5.74) is 3.39.